The summed E-state index contributed by atoms with van der Waals surface area (Å²) >= 11 is 15.7. The van der Waals surface area contributed by atoms with Gasteiger partial charge in [-0.2, -0.15) is 5.10 Å². The summed E-state index contributed by atoms with van der Waals surface area (Å²) in [7, 11) is 0. The Morgan fingerprint density at radius 2 is 1.88 bits per heavy atom. The third kappa shape index (κ3) is 3.16. The lowest BCUT2D eigenvalue weighted by Gasteiger charge is -2.27. The zero-order chi connectivity index (χ0) is 17.4. The van der Waals surface area contributed by atoms with Crippen LogP contribution in [0.5, 0.6) is 0 Å². The molecule has 1 aliphatic rings. The first kappa shape index (κ1) is 17.3. The molecule has 0 amide bonds. The number of carboxylic acid groups (broad SMARTS) is 1. The molecule has 0 saturated heterocycles. The lowest BCUT2D eigenvalue weighted by Crippen LogP contribution is -2.26. The Balaban J connectivity index is 2.11. The number of carboxylic acids is 1. The van der Waals surface area contributed by atoms with Crippen molar-refractivity contribution >= 4 is 56.5 Å². The third-order valence-corrected chi connectivity index (χ3v) is 5.04. The van der Waals surface area contributed by atoms with Crippen LogP contribution in [0.3, 0.4) is 0 Å². The van der Waals surface area contributed by atoms with E-state index >= 15 is 0 Å². The second-order valence-corrected chi connectivity index (χ2v) is 7.28. The molecule has 4 nitrogen and oxygen atoms in total. The normalized spacial score (nSPS) is 20.2. The van der Waals surface area contributed by atoms with Gasteiger partial charge in [0.15, 0.2) is 5.71 Å². The highest BCUT2D eigenvalue weighted by molar-refractivity contribution is 9.10. The van der Waals surface area contributed by atoms with Gasteiger partial charge in [0.2, 0.25) is 0 Å². The van der Waals surface area contributed by atoms with E-state index in [0.29, 0.717) is 15.7 Å². The van der Waals surface area contributed by atoms with Gasteiger partial charge in [-0.1, -0.05) is 58.2 Å². The molecular weight excluding hydrogens is 415 g/mol. The summed E-state index contributed by atoms with van der Waals surface area (Å²) < 4.78 is 0.951. The van der Waals surface area contributed by atoms with Gasteiger partial charge in [0.1, 0.15) is 0 Å². The third-order valence-electron chi connectivity index (χ3n) is 3.97. The Hall–Kier alpha value is -1.56. The van der Waals surface area contributed by atoms with Crippen LogP contribution in [0.4, 0.5) is 5.69 Å². The molecule has 2 atom stereocenters. The Kier molecular flexibility index (Phi) is 4.85. The maximum Gasteiger partial charge on any atom is 0.352 e. The van der Waals surface area contributed by atoms with E-state index in [1.165, 1.54) is 0 Å². The number of carbonyl (C=O) groups is 1. The van der Waals surface area contributed by atoms with E-state index in [2.05, 4.69) is 21.0 Å². The topological polar surface area (TPSA) is 52.9 Å². The Labute approximate surface area is 157 Å². The number of halogens is 3. The van der Waals surface area contributed by atoms with Crippen molar-refractivity contribution in [2.45, 2.75) is 13.0 Å². The number of aliphatic carboxylic acids is 1. The van der Waals surface area contributed by atoms with E-state index in [0.717, 1.165) is 10.0 Å². The van der Waals surface area contributed by atoms with Gasteiger partial charge < -0.3 is 5.11 Å². The summed E-state index contributed by atoms with van der Waals surface area (Å²) in [5.74, 6) is -1.33. The average molecular weight is 428 g/mol. The fraction of sp³-hybridized carbons (Fsp3) is 0.176. The van der Waals surface area contributed by atoms with Crippen LogP contribution < -0.4 is 5.01 Å². The lowest BCUT2D eigenvalue weighted by atomic mass is 9.91. The molecule has 0 unspecified atom stereocenters. The molecule has 1 aliphatic heterocycles. The largest absolute Gasteiger partial charge is 0.477 e. The summed E-state index contributed by atoms with van der Waals surface area (Å²) in [6, 6.07) is 12.5. The molecule has 2 aromatic rings. The van der Waals surface area contributed by atoms with Gasteiger partial charge in [-0.05, 0) is 35.9 Å². The van der Waals surface area contributed by atoms with E-state index in [1.807, 2.05) is 31.2 Å². The quantitative estimate of drug-likeness (QED) is 0.713. The Morgan fingerprint density at radius 1 is 1.21 bits per heavy atom. The zero-order valence-electron chi connectivity index (χ0n) is 12.6. The van der Waals surface area contributed by atoms with E-state index in [4.69, 9.17) is 23.2 Å². The second kappa shape index (κ2) is 6.75. The molecule has 1 N–H and O–H groups in total. The molecule has 2 aromatic carbocycles. The number of nitrogens with zero attached hydrogens (tertiary/aromatic N) is 2. The van der Waals surface area contributed by atoms with Gasteiger partial charge in [0.25, 0.3) is 0 Å². The minimum absolute atomic E-state index is 0.105. The summed E-state index contributed by atoms with van der Waals surface area (Å²) in [6.45, 7) is 1.85. The van der Waals surface area contributed by atoms with Gasteiger partial charge in [-0.25, -0.2) is 4.79 Å². The molecule has 0 bridgehead atoms. The summed E-state index contributed by atoms with van der Waals surface area (Å²) in [5.41, 5.74) is 1.68. The highest BCUT2D eigenvalue weighted by Crippen LogP contribution is 2.42. The SMILES string of the molecule is C[C@H]1C(C(=O)O)=NN(c2ccc(Cl)cc2Cl)[C@H]1c1ccc(Br)cc1. The van der Waals surface area contributed by atoms with Gasteiger partial charge in [0, 0.05) is 15.4 Å². The Morgan fingerprint density at radius 3 is 2.46 bits per heavy atom. The molecular formula is C17H13BrCl2N2O2. The molecule has 3 rings (SSSR count). The molecule has 1 heterocycles. The van der Waals surface area contributed by atoms with Crippen molar-refractivity contribution in [2.24, 2.45) is 11.0 Å². The summed E-state index contributed by atoms with van der Waals surface area (Å²) in [4.78, 5) is 11.5. The molecule has 0 fully saturated rings. The summed E-state index contributed by atoms with van der Waals surface area (Å²) in [5, 5.41) is 16.4. The minimum Gasteiger partial charge on any atom is -0.477 e. The van der Waals surface area contributed by atoms with Crippen LogP contribution in [0, 0.1) is 5.92 Å². The van der Waals surface area contributed by atoms with E-state index in [-0.39, 0.29) is 17.7 Å². The van der Waals surface area contributed by atoms with Crippen LogP contribution in [0.1, 0.15) is 18.5 Å². The number of benzene rings is 2. The highest BCUT2D eigenvalue weighted by Gasteiger charge is 2.39. The van der Waals surface area contributed by atoms with Crippen molar-refractivity contribution in [2.75, 3.05) is 5.01 Å². The first-order valence-electron chi connectivity index (χ1n) is 7.20. The van der Waals surface area contributed by atoms with Gasteiger partial charge in [-0.15, -0.1) is 0 Å². The van der Waals surface area contributed by atoms with Crippen molar-refractivity contribution in [3.05, 3.63) is 62.5 Å². The van der Waals surface area contributed by atoms with Crippen molar-refractivity contribution < 1.29 is 9.90 Å². The predicted molar refractivity (Wildman–Crippen MR) is 100 cm³/mol. The first-order chi connectivity index (χ1) is 11.4. The monoisotopic (exact) mass is 426 g/mol. The number of hydrogen-bond acceptors (Lipinski definition) is 3. The van der Waals surface area contributed by atoms with E-state index < -0.39 is 5.97 Å². The molecule has 0 radical (unpaired) electrons. The smallest absolute Gasteiger partial charge is 0.352 e. The maximum atomic E-state index is 11.5. The van der Waals surface area contributed by atoms with Crippen LogP contribution in [-0.2, 0) is 4.79 Å². The van der Waals surface area contributed by atoms with Crippen LogP contribution in [-0.4, -0.2) is 16.8 Å². The minimum atomic E-state index is -1.03. The fourth-order valence-corrected chi connectivity index (χ4v) is 3.59. The van der Waals surface area contributed by atoms with E-state index in [1.54, 1.807) is 23.2 Å². The summed E-state index contributed by atoms with van der Waals surface area (Å²) in [6.07, 6.45) is 0. The lowest BCUT2D eigenvalue weighted by molar-refractivity contribution is -0.129. The first-order valence-corrected chi connectivity index (χ1v) is 8.75. The van der Waals surface area contributed by atoms with Crippen molar-refractivity contribution in [3.8, 4) is 0 Å². The molecule has 0 spiro atoms. The number of hydrogen-bond donors (Lipinski definition) is 1. The van der Waals surface area contributed by atoms with Crippen LogP contribution in [0.25, 0.3) is 0 Å². The van der Waals surface area contributed by atoms with Crippen LogP contribution in [0.15, 0.2) is 52.0 Å². The fourth-order valence-electron chi connectivity index (χ4n) is 2.83. The molecule has 124 valence electrons. The zero-order valence-corrected chi connectivity index (χ0v) is 15.7. The van der Waals surface area contributed by atoms with Crippen LogP contribution >= 0.6 is 39.1 Å². The van der Waals surface area contributed by atoms with Gasteiger partial charge in [-0.3, -0.25) is 5.01 Å². The van der Waals surface area contributed by atoms with Gasteiger partial charge in [0.05, 0.1) is 16.8 Å². The van der Waals surface area contributed by atoms with Crippen molar-refractivity contribution in [1.82, 2.24) is 0 Å². The number of rotatable bonds is 3. The van der Waals surface area contributed by atoms with Crippen molar-refractivity contribution in [3.63, 3.8) is 0 Å². The molecule has 24 heavy (non-hydrogen) atoms. The Bertz CT molecular complexity index is 824. The average Bonchev–Trinajstić information content (AvgIpc) is 2.86. The van der Waals surface area contributed by atoms with Crippen LogP contribution in [0.2, 0.25) is 10.0 Å². The van der Waals surface area contributed by atoms with Crippen molar-refractivity contribution in [1.29, 1.82) is 0 Å². The standard InChI is InChI=1S/C17H13BrCl2N2O2/c1-9-15(17(23)24)21-22(14-7-6-12(19)8-13(14)20)16(9)10-2-4-11(18)5-3-10/h2-9,16H,1H3,(H,23,24)/t9-,16+/m0/s1. The molecule has 0 aromatic heterocycles. The number of hydrazone groups is 1. The number of anilines is 1. The molecule has 0 saturated carbocycles. The second-order valence-electron chi connectivity index (χ2n) is 5.52. The molecule has 7 heteroatoms. The maximum absolute atomic E-state index is 11.5. The van der Waals surface area contributed by atoms with Gasteiger partial charge >= 0.3 is 5.97 Å². The molecule has 0 aliphatic carbocycles. The van der Waals surface area contributed by atoms with E-state index in [9.17, 15) is 9.90 Å². The predicted octanol–water partition coefficient (Wildman–Crippen LogP) is 5.39. The highest BCUT2D eigenvalue weighted by atomic mass is 79.9.